The summed E-state index contributed by atoms with van der Waals surface area (Å²) in [4.78, 5) is 14.1. The van der Waals surface area contributed by atoms with Crippen LogP contribution in [0.3, 0.4) is 0 Å². The minimum Gasteiger partial charge on any atom is -0.338 e. The van der Waals surface area contributed by atoms with E-state index < -0.39 is 0 Å². The molecule has 3 rings (SSSR count). The maximum absolute atomic E-state index is 12.2. The van der Waals surface area contributed by atoms with Gasteiger partial charge >= 0.3 is 0 Å². The Morgan fingerprint density at radius 3 is 3.10 bits per heavy atom. The van der Waals surface area contributed by atoms with Crippen LogP contribution >= 0.6 is 11.6 Å². The van der Waals surface area contributed by atoms with E-state index in [4.69, 9.17) is 11.6 Å². The molecule has 2 heterocycles. The first-order valence-corrected chi connectivity index (χ1v) is 6.86. The molecule has 6 nitrogen and oxygen atoms in total. The van der Waals surface area contributed by atoms with Crippen LogP contribution in [0, 0.1) is 0 Å². The average Bonchev–Trinajstić information content (AvgIpc) is 2.98. The minimum absolute atomic E-state index is 0.117. The Bertz CT molecular complexity index is 613. The molecule has 20 heavy (non-hydrogen) atoms. The molecule has 0 spiro atoms. The minimum atomic E-state index is 0.117. The molecule has 0 unspecified atom stereocenters. The number of aryl methyl sites for hydroxylation is 1. The summed E-state index contributed by atoms with van der Waals surface area (Å²) in [6.07, 6.45) is 2.73. The molecule has 7 heteroatoms. The number of rotatable bonds is 3. The van der Waals surface area contributed by atoms with Gasteiger partial charge in [-0.3, -0.25) is 4.79 Å². The number of tetrazole rings is 1. The van der Waals surface area contributed by atoms with Crippen LogP contribution in [-0.2, 0) is 24.3 Å². The lowest BCUT2D eigenvalue weighted by Gasteiger charge is -2.29. The van der Waals surface area contributed by atoms with Gasteiger partial charge in [0.1, 0.15) is 6.33 Å². The first-order chi connectivity index (χ1) is 9.74. The highest BCUT2D eigenvalue weighted by Crippen LogP contribution is 2.26. The molecular weight excluding hydrogens is 278 g/mol. The van der Waals surface area contributed by atoms with Crippen LogP contribution in [0.25, 0.3) is 0 Å². The van der Waals surface area contributed by atoms with Crippen LogP contribution in [-0.4, -0.2) is 37.6 Å². The van der Waals surface area contributed by atoms with Crippen molar-refractivity contribution < 1.29 is 4.79 Å². The summed E-state index contributed by atoms with van der Waals surface area (Å²) in [6, 6.07) is 5.85. The van der Waals surface area contributed by atoms with Gasteiger partial charge in [0, 0.05) is 24.5 Å². The van der Waals surface area contributed by atoms with Gasteiger partial charge in [0.25, 0.3) is 0 Å². The smallest absolute Gasteiger partial charge is 0.224 e. The lowest BCUT2D eigenvalue weighted by Crippen LogP contribution is -2.36. The summed E-state index contributed by atoms with van der Waals surface area (Å²) >= 11 is 6.17. The van der Waals surface area contributed by atoms with Crippen molar-refractivity contribution in [1.82, 2.24) is 25.1 Å². The monoisotopic (exact) mass is 291 g/mol. The van der Waals surface area contributed by atoms with E-state index in [1.807, 2.05) is 23.1 Å². The number of aromatic nitrogens is 4. The lowest BCUT2D eigenvalue weighted by molar-refractivity contribution is -0.132. The molecule has 0 atom stereocenters. The molecule has 104 valence electrons. The van der Waals surface area contributed by atoms with Crippen LogP contribution < -0.4 is 0 Å². The molecule has 1 amide bonds. The van der Waals surface area contributed by atoms with E-state index in [1.165, 1.54) is 11.9 Å². The number of hydrogen-bond donors (Lipinski definition) is 0. The maximum atomic E-state index is 12.2. The molecule has 1 aromatic carbocycles. The Morgan fingerprint density at radius 2 is 2.30 bits per heavy atom. The van der Waals surface area contributed by atoms with E-state index in [1.54, 1.807) is 4.68 Å². The predicted molar refractivity (Wildman–Crippen MR) is 73.0 cm³/mol. The topological polar surface area (TPSA) is 63.9 Å². The van der Waals surface area contributed by atoms with E-state index in [0.29, 0.717) is 26.1 Å². The number of hydrogen-bond acceptors (Lipinski definition) is 4. The SMILES string of the molecule is O=C(CCn1cnnn1)N1CCc2c(Cl)cccc2C1. The van der Waals surface area contributed by atoms with Gasteiger partial charge in [0.05, 0.1) is 6.54 Å². The van der Waals surface area contributed by atoms with Crippen LogP contribution in [0.2, 0.25) is 5.02 Å². The number of carbonyl (C=O) groups is 1. The van der Waals surface area contributed by atoms with E-state index in [9.17, 15) is 4.79 Å². The molecule has 1 aromatic heterocycles. The Kier molecular flexibility index (Phi) is 3.64. The standard InChI is InChI=1S/C13H14ClN5O/c14-12-3-1-2-10-8-18(6-4-11(10)12)13(20)5-7-19-9-15-16-17-19/h1-3,9H,4-8H2. The van der Waals surface area contributed by atoms with Gasteiger partial charge in [-0.1, -0.05) is 23.7 Å². The highest BCUT2D eigenvalue weighted by molar-refractivity contribution is 6.31. The third-order valence-electron chi connectivity index (χ3n) is 3.51. The summed E-state index contributed by atoms with van der Waals surface area (Å²) in [5.74, 6) is 0.117. The van der Waals surface area contributed by atoms with Gasteiger partial charge in [-0.25, -0.2) is 4.68 Å². The first kappa shape index (κ1) is 13.1. The number of benzene rings is 1. The number of nitrogens with zero attached hydrogens (tertiary/aromatic N) is 5. The molecule has 1 aliphatic rings. The summed E-state index contributed by atoms with van der Waals surface area (Å²) in [5.41, 5.74) is 2.30. The van der Waals surface area contributed by atoms with Gasteiger partial charge in [0.2, 0.25) is 5.91 Å². The fourth-order valence-corrected chi connectivity index (χ4v) is 2.72. The van der Waals surface area contributed by atoms with Crippen molar-refractivity contribution in [3.05, 3.63) is 40.7 Å². The van der Waals surface area contributed by atoms with Crippen molar-refractivity contribution in [1.29, 1.82) is 0 Å². The van der Waals surface area contributed by atoms with Gasteiger partial charge in [-0.15, -0.1) is 5.10 Å². The third kappa shape index (κ3) is 2.65. The zero-order valence-electron chi connectivity index (χ0n) is 10.9. The van der Waals surface area contributed by atoms with Gasteiger partial charge in [-0.05, 0) is 34.0 Å². The summed E-state index contributed by atoms with van der Waals surface area (Å²) in [5, 5.41) is 11.6. The average molecular weight is 292 g/mol. The second-order valence-electron chi connectivity index (χ2n) is 4.77. The van der Waals surface area contributed by atoms with Crippen molar-refractivity contribution >= 4 is 17.5 Å². The fourth-order valence-electron chi connectivity index (χ4n) is 2.43. The van der Waals surface area contributed by atoms with Crippen molar-refractivity contribution in [3.8, 4) is 0 Å². The number of amides is 1. The molecule has 1 aliphatic heterocycles. The summed E-state index contributed by atoms with van der Waals surface area (Å²) in [7, 11) is 0. The van der Waals surface area contributed by atoms with E-state index >= 15 is 0 Å². The molecule has 2 aromatic rings. The zero-order valence-corrected chi connectivity index (χ0v) is 11.6. The van der Waals surface area contributed by atoms with Crippen LogP contribution in [0.15, 0.2) is 24.5 Å². The fraction of sp³-hybridized carbons (Fsp3) is 0.385. The van der Waals surface area contributed by atoms with E-state index in [2.05, 4.69) is 15.5 Å². The number of halogens is 1. The Hall–Kier alpha value is -1.95. The third-order valence-corrected chi connectivity index (χ3v) is 3.86. The Morgan fingerprint density at radius 1 is 1.40 bits per heavy atom. The highest BCUT2D eigenvalue weighted by atomic mass is 35.5. The van der Waals surface area contributed by atoms with E-state index in [0.717, 1.165) is 17.0 Å². The highest BCUT2D eigenvalue weighted by Gasteiger charge is 2.21. The molecule has 0 saturated heterocycles. The zero-order chi connectivity index (χ0) is 13.9. The van der Waals surface area contributed by atoms with Crippen molar-refractivity contribution in [3.63, 3.8) is 0 Å². The first-order valence-electron chi connectivity index (χ1n) is 6.49. The van der Waals surface area contributed by atoms with Crippen molar-refractivity contribution in [2.45, 2.75) is 25.9 Å². The molecule has 0 N–H and O–H groups in total. The molecule has 0 radical (unpaired) electrons. The lowest BCUT2D eigenvalue weighted by atomic mass is 9.99. The number of carbonyl (C=O) groups excluding carboxylic acids is 1. The second kappa shape index (κ2) is 5.58. The Balaban J connectivity index is 1.63. The molecular formula is C13H14ClN5O. The summed E-state index contributed by atoms with van der Waals surface area (Å²) < 4.78 is 1.56. The molecule has 0 bridgehead atoms. The number of fused-ring (bicyclic) bond motifs is 1. The van der Waals surface area contributed by atoms with Gasteiger partial charge in [0.15, 0.2) is 0 Å². The second-order valence-corrected chi connectivity index (χ2v) is 5.17. The van der Waals surface area contributed by atoms with Crippen LogP contribution in [0.1, 0.15) is 17.5 Å². The largest absolute Gasteiger partial charge is 0.338 e. The molecule has 0 aliphatic carbocycles. The molecule has 0 saturated carbocycles. The predicted octanol–water partition coefficient (Wildman–Crippen LogP) is 1.30. The van der Waals surface area contributed by atoms with Gasteiger partial charge in [-0.2, -0.15) is 0 Å². The van der Waals surface area contributed by atoms with Crippen molar-refractivity contribution in [2.24, 2.45) is 0 Å². The normalized spacial score (nSPS) is 14.2. The quantitative estimate of drug-likeness (QED) is 0.855. The van der Waals surface area contributed by atoms with Crippen LogP contribution in [0.5, 0.6) is 0 Å². The summed E-state index contributed by atoms with van der Waals surface area (Å²) in [6.45, 7) is 1.85. The van der Waals surface area contributed by atoms with E-state index in [-0.39, 0.29) is 5.91 Å². The Labute approximate surface area is 121 Å². The maximum Gasteiger partial charge on any atom is 0.224 e. The van der Waals surface area contributed by atoms with Gasteiger partial charge < -0.3 is 4.90 Å². The van der Waals surface area contributed by atoms with Crippen LogP contribution in [0.4, 0.5) is 0 Å². The van der Waals surface area contributed by atoms with Crippen molar-refractivity contribution in [2.75, 3.05) is 6.54 Å². The molecule has 0 fully saturated rings.